The van der Waals surface area contributed by atoms with E-state index in [0.717, 1.165) is 72.8 Å². The van der Waals surface area contributed by atoms with Gasteiger partial charge in [0.1, 0.15) is 45.0 Å². The van der Waals surface area contributed by atoms with Gasteiger partial charge in [-0.25, -0.2) is 0 Å². The van der Waals surface area contributed by atoms with E-state index in [1.807, 2.05) is 12.1 Å². The lowest BCUT2D eigenvalue weighted by Gasteiger charge is -2.34. The minimum absolute atomic E-state index is 0.752. The predicted molar refractivity (Wildman–Crippen MR) is 169 cm³/mol. The van der Waals surface area contributed by atoms with Gasteiger partial charge >= 0.3 is 5.66 Å². The van der Waals surface area contributed by atoms with E-state index in [4.69, 9.17) is 14.3 Å². The van der Waals surface area contributed by atoms with E-state index in [9.17, 15) is 0 Å². The second kappa shape index (κ2) is 7.29. The second-order valence-electron chi connectivity index (χ2n) is 12.1. The van der Waals surface area contributed by atoms with Crippen LogP contribution in [-0.4, -0.2) is 14.5 Å². The minimum Gasteiger partial charge on any atom is -0.456 e. The van der Waals surface area contributed by atoms with Gasteiger partial charge in [0.25, 0.3) is 5.82 Å². The Balaban J connectivity index is 1.23. The van der Waals surface area contributed by atoms with Crippen molar-refractivity contribution in [3.63, 3.8) is 0 Å². The van der Waals surface area contributed by atoms with Crippen molar-refractivity contribution >= 4 is 43.7 Å². The molecule has 0 N–H and O–H groups in total. The Bertz CT molecular complexity index is 2820. The fourth-order valence-corrected chi connectivity index (χ4v) is 8.30. The molecule has 3 aliphatic heterocycles. The maximum atomic E-state index is 6.75. The molecule has 0 radical (unpaired) electrons. The van der Waals surface area contributed by atoms with Crippen LogP contribution in [0.4, 0.5) is 0 Å². The summed E-state index contributed by atoms with van der Waals surface area (Å²) in [6.07, 6.45) is 4.39. The molecule has 1 atom stereocenters. The van der Waals surface area contributed by atoms with Gasteiger partial charge in [-0.15, -0.1) is 0 Å². The predicted octanol–water partition coefficient (Wildman–Crippen LogP) is 7.14. The lowest BCUT2D eigenvalue weighted by Crippen LogP contribution is -2.76. The topological polar surface area (TPSA) is 52.9 Å². The molecule has 0 bridgehead atoms. The standard InChI is InChI=1S/C38H21N5O2/c1-3-10-28-23(8-1)25-16-18-33-36-37(25)42(28)34-14-5-6-19-40(34)38(36)35-29(11-7-13-32(35)45-33)43-39-27(21-41(38)43)22-15-17-31-26(20-22)24-9-2-4-12-30(24)44-31/h1-21H/q+2. The van der Waals surface area contributed by atoms with E-state index >= 15 is 0 Å². The average Bonchev–Trinajstić information content (AvgIpc) is 3.84. The molecule has 0 fully saturated rings. The maximum absolute atomic E-state index is 6.75. The molecule has 0 saturated carbocycles. The number of benzene rings is 5. The Labute approximate surface area is 254 Å². The van der Waals surface area contributed by atoms with Crippen molar-refractivity contribution in [3.05, 3.63) is 139 Å². The zero-order valence-electron chi connectivity index (χ0n) is 23.7. The van der Waals surface area contributed by atoms with E-state index in [2.05, 4.69) is 134 Å². The summed E-state index contributed by atoms with van der Waals surface area (Å²) in [5, 5.41) is 9.92. The van der Waals surface area contributed by atoms with Crippen molar-refractivity contribution in [1.82, 2.24) is 14.5 Å². The monoisotopic (exact) mass is 579 g/mol. The number of rotatable bonds is 1. The largest absolute Gasteiger partial charge is 0.456 e. The summed E-state index contributed by atoms with van der Waals surface area (Å²) < 4.78 is 20.0. The molecule has 3 aliphatic rings. The first-order valence-electron chi connectivity index (χ1n) is 15.1. The van der Waals surface area contributed by atoms with Crippen LogP contribution in [0.1, 0.15) is 11.1 Å². The lowest BCUT2D eigenvalue weighted by atomic mass is 9.84. The van der Waals surface area contributed by atoms with Crippen LogP contribution in [0.3, 0.4) is 0 Å². The third-order valence-electron chi connectivity index (χ3n) is 10.0. The number of hydrogen-bond donors (Lipinski definition) is 0. The summed E-state index contributed by atoms with van der Waals surface area (Å²) in [5.41, 5.74) is 8.48. The lowest BCUT2D eigenvalue weighted by molar-refractivity contribution is -0.995. The average molecular weight is 580 g/mol. The van der Waals surface area contributed by atoms with Gasteiger partial charge in [0.15, 0.2) is 11.7 Å². The van der Waals surface area contributed by atoms with Crippen molar-refractivity contribution in [2.75, 3.05) is 0 Å². The van der Waals surface area contributed by atoms with Gasteiger partial charge in [-0.3, -0.25) is 0 Å². The molecule has 0 aliphatic carbocycles. The second-order valence-corrected chi connectivity index (χ2v) is 12.1. The van der Waals surface area contributed by atoms with Crippen molar-refractivity contribution in [2.45, 2.75) is 5.66 Å². The SMILES string of the molecule is c1cc2c3c(c1)-n1nc(-c4ccc5oc6ccccc6c5c4)c[n+]1C31c3c(ccc4c5ccccc5n(c34)-c3cccc[n+]31)O2. The van der Waals surface area contributed by atoms with Crippen LogP contribution in [0.5, 0.6) is 11.5 Å². The van der Waals surface area contributed by atoms with Crippen molar-refractivity contribution in [1.29, 1.82) is 0 Å². The zero-order valence-corrected chi connectivity index (χ0v) is 23.7. The van der Waals surface area contributed by atoms with Crippen LogP contribution in [0, 0.1) is 0 Å². The maximum Gasteiger partial charge on any atom is 0.337 e. The summed E-state index contributed by atoms with van der Waals surface area (Å²) in [7, 11) is 0. The molecule has 1 spiro atoms. The van der Waals surface area contributed by atoms with Gasteiger partial charge in [0.2, 0.25) is 5.69 Å². The third kappa shape index (κ3) is 2.37. The number of fused-ring (bicyclic) bond motifs is 10. The van der Waals surface area contributed by atoms with Gasteiger partial charge < -0.3 is 9.15 Å². The van der Waals surface area contributed by atoms with Gasteiger partial charge in [-0.05, 0) is 71.5 Å². The first-order valence-corrected chi connectivity index (χ1v) is 15.1. The molecular weight excluding hydrogens is 558 g/mol. The Morgan fingerprint density at radius 1 is 0.667 bits per heavy atom. The van der Waals surface area contributed by atoms with E-state index in [1.54, 1.807) is 0 Å². The van der Waals surface area contributed by atoms with Crippen LogP contribution in [0.25, 0.3) is 66.5 Å². The first kappa shape index (κ1) is 22.3. The fourth-order valence-electron chi connectivity index (χ4n) is 8.30. The third-order valence-corrected chi connectivity index (χ3v) is 10.0. The van der Waals surface area contributed by atoms with Crippen molar-refractivity contribution in [2.24, 2.45) is 0 Å². The summed E-state index contributed by atoms with van der Waals surface area (Å²) >= 11 is 0. The van der Waals surface area contributed by atoms with Crippen LogP contribution < -0.4 is 14.0 Å². The van der Waals surface area contributed by atoms with Crippen LogP contribution in [0.15, 0.2) is 132 Å². The van der Waals surface area contributed by atoms with Gasteiger partial charge in [0.05, 0.1) is 11.3 Å². The fraction of sp³-hybridized carbons (Fsp3) is 0.0263. The number of hydrogen-bond acceptors (Lipinski definition) is 3. The van der Waals surface area contributed by atoms with Crippen LogP contribution in [-0.2, 0) is 5.66 Å². The Morgan fingerprint density at radius 3 is 2.49 bits per heavy atom. The Morgan fingerprint density at radius 2 is 1.51 bits per heavy atom. The molecule has 0 amide bonds. The van der Waals surface area contributed by atoms with Crippen molar-refractivity contribution in [3.8, 4) is 34.3 Å². The van der Waals surface area contributed by atoms with E-state index in [0.29, 0.717) is 0 Å². The van der Waals surface area contributed by atoms with Gasteiger partial charge in [-0.1, -0.05) is 47.1 Å². The first-order chi connectivity index (χ1) is 22.3. The van der Waals surface area contributed by atoms with Gasteiger partial charge in [-0.2, -0.15) is 9.13 Å². The molecule has 45 heavy (non-hydrogen) atoms. The molecule has 7 heterocycles. The molecular formula is C38H21N5O2+2. The molecule has 7 heteroatoms. The smallest absolute Gasteiger partial charge is 0.337 e. The quantitative estimate of drug-likeness (QED) is 0.194. The van der Waals surface area contributed by atoms with E-state index in [-0.39, 0.29) is 0 Å². The number of nitrogens with zero attached hydrogens (tertiary/aromatic N) is 5. The highest BCUT2D eigenvalue weighted by molar-refractivity contribution is 6.11. The minimum atomic E-state index is -0.752. The van der Waals surface area contributed by atoms with E-state index in [1.165, 1.54) is 16.3 Å². The molecule has 0 saturated heterocycles. The van der Waals surface area contributed by atoms with Crippen LogP contribution in [0.2, 0.25) is 0 Å². The number of para-hydroxylation sites is 2. The number of pyridine rings is 1. The highest BCUT2D eigenvalue weighted by Gasteiger charge is 2.66. The highest BCUT2D eigenvalue weighted by Crippen LogP contribution is 2.55. The van der Waals surface area contributed by atoms with Crippen molar-refractivity contribution < 1.29 is 18.4 Å². The molecule has 4 aromatic heterocycles. The van der Waals surface area contributed by atoms with Gasteiger partial charge in [0, 0.05) is 33.2 Å². The molecule has 5 aromatic carbocycles. The molecule has 7 nitrogen and oxygen atoms in total. The summed E-state index contributed by atoms with van der Waals surface area (Å²) in [6.45, 7) is 0. The molecule has 9 aromatic rings. The van der Waals surface area contributed by atoms with Crippen LogP contribution >= 0.6 is 0 Å². The molecule has 1 unspecified atom stereocenters. The zero-order chi connectivity index (χ0) is 29.0. The molecule has 12 rings (SSSR count). The normalized spacial score (nSPS) is 16.7. The summed E-state index contributed by atoms with van der Waals surface area (Å²) in [4.78, 5) is 2.06. The summed E-state index contributed by atoms with van der Waals surface area (Å²) in [5.74, 6) is 2.79. The van der Waals surface area contributed by atoms with E-state index < -0.39 is 5.66 Å². The summed E-state index contributed by atoms with van der Waals surface area (Å²) in [6, 6.07) is 40.3. The highest BCUT2D eigenvalue weighted by atomic mass is 16.5. The Hall–Kier alpha value is -6.21. The number of ether oxygens (including phenoxy) is 1. The molecule has 208 valence electrons. The Kier molecular flexibility index (Phi) is 3.62. The number of furan rings is 1. The number of aromatic nitrogens is 5.